The van der Waals surface area contributed by atoms with Crippen molar-refractivity contribution in [3.63, 3.8) is 0 Å². The smallest absolute Gasteiger partial charge is 0.872 e. The summed E-state index contributed by atoms with van der Waals surface area (Å²) in [5.41, 5.74) is 0. The molecule has 16 heavy (non-hydrogen) atoms. The van der Waals surface area contributed by atoms with Crippen molar-refractivity contribution < 1.29 is 58.6 Å². The molecule has 2 aromatic carbocycles. The van der Waals surface area contributed by atoms with Crippen LogP contribution in [0.15, 0.2) is 60.7 Å². The van der Waals surface area contributed by atoms with Crippen LogP contribution in [0, 0.1) is 0 Å². The Morgan fingerprint density at radius 1 is 0.562 bits per heavy atom. The zero-order chi connectivity index (χ0) is 10.2. The number of hydrogen-bond acceptors (Lipinski definition) is 2. The van der Waals surface area contributed by atoms with Crippen LogP contribution in [0.25, 0.3) is 0 Å². The fraction of sp³-hybridized carbons (Fsp3) is 0. The summed E-state index contributed by atoms with van der Waals surface area (Å²) < 4.78 is 0. The van der Waals surface area contributed by atoms with Gasteiger partial charge in [-0.3, -0.25) is 0 Å². The monoisotopic (exact) mass is 216 g/mol. The van der Waals surface area contributed by atoms with E-state index in [2.05, 4.69) is 0 Å². The first-order valence-electron chi connectivity index (χ1n) is 4.23. The number of benzene rings is 2. The molecule has 0 atom stereocenters. The molecule has 0 heterocycles. The van der Waals surface area contributed by atoms with Crippen LogP contribution in [0.2, 0.25) is 0 Å². The Kier molecular flexibility index (Phi) is 12.5. The Morgan fingerprint density at radius 3 is 0.938 bits per heavy atom. The van der Waals surface area contributed by atoms with Crippen LogP contribution in [0.1, 0.15) is 0 Å². The number of para-hydroxylation sites is 2. The summed E-state index contributed by atoms with van der Waals surface area (Å²) in [7, 11) is 0. The van der Waals surface area contributed by atoms with E-state index in [1.54, 1.807) is 24.3 Å². The predicted molar refractivity (Wildman–Crippen MR) is 51.8 cm³/mol. The molecule has 0 amide bonds. The molecule has 4 heteroatoms. The number of rotatable bonds is 0. The Hall–Kier alpha value is -0.363. The third-order valence-corrected chi connectivity index (χ3v) is 1.49. The van der Waals surface area contributed by atoms with Gasteiger partial charge in [0.25, 0.3) is 0 Å². The molecule has 72 valence electrons. The topological polar surface area (TPSA) is 46.1 Å². The van der Waals surface area contributed by atoms with Crippen molar-refractivity contribution in [2.45, 2.75) is 0 Å². The van der Waals surface area contributed by atoms with E-state index in [0.717, 1.165) is 0 Å². The quantitative estimate of drug-likeness (QED) is 0.417. The summed E-state index contributed by atoms with van der Waals surface area (Å²) in [5, 5.41) is 20.5. The number of hydrogen-bond donors (Lipinski definition) is 0. The van der Waals surface area contributed by atoms with Crippen molar-refractivity contribution in [2.75, 3.05) is 0 Å². The first kappa shape index (κ1) is 18.0. The van der Waals surface area contributed by atoms with E-state index in [1.165, 1.54) is 24.3 Å². The largest absolute Gasteiger partial charge is 1.00 e. The molecule has 0 bridgehead atoms. The van der Waals surface area contributed by atoms with Gasteiger partial charge in [0.2, 0.25) is 0 Å². The molecule has 0 aliphatic rings. The van der Waals surface area contributed by atoms with Crippen molar-refractivity contribution in [2.24, 2.45) is 0 Å². The zero-order valence-corrected chi connectivity index (χ0v) is 11.6. The van der Waals surface area contributed by atoms with Crippen molar-refractivity contribution >= 4 is 0 Å². The summed E-state index contributed by atoms with van der Waals surface area (Å²) in [6.45, 7) is 0. The third kappa shape index (κ3) is 8.91. The van der Waals surface area contributed by atoms with Crippen LogP contribution in [-0.4, -0.2) is 0 Å². The van der Waals surface area contributed by atoms with Gasteiger partial charge in [-0.2, -0.15) is 0 Å². The van der Waals surface area contributed by atoms with Crippen molar-refractivity contribution in [1.29, 1.82) is 0 Å². The van der Waals surface area contributed by atoms with Crippen molar-refractivity contribution in [3.05, 3.63) is 60.7 Å². The molecule has 0 spiro atoms. The molecular formula is C12H10LiNaO2. The molecule has 0 radical (unpaired) electrons. The summed E-state index contributed by atoms with van der Waals surface area (Å²) in [4.78, 5) is 0. The minimum Gasteiger partial charge on any atom is -0.872 e. The maximum absolute atomic E-state index is 10.3. The molecule has 0 N–H and O–H groups in total. The van der Waals surface area contributed by atoms with Crippen LogP contribution < -0.4 is 58.6 Å². The van der Waals surface area contributed by atoms with Crippen LogP contribution in [-0.2, 0) is 0 Å². The summed E-state index contributed by atoms with van der Waals surface area (Å²) in [6, 6.07) is 16.7. The average Bonchev–Trinajstić information content (AvgIpc) is 2.21. The van der Waals surface area contributed by atoms with Gasteiger partial charge in [0.05, 0.1) is 0 Å². The van der Waals surface area contributed by atoms with Gasteiger partial charge in [0.1, 0.15) is 0 Å². The maximum atomic E-state index is 10.3. The first-order valence-corrected chi connectivity index (χ1v) is 4.23. The Labute approximate surface area is 130 Å². The predicted octanol–water partition coefficient (Wildman–Crippen LogP) is -4.47. The molecular weight excluding hydrogens is 206 g/mol. The summed E-state index contributed by atoms with van der Waals surface area (Å²) >= 11 is 0. The molecule has 0 aliphatic heterocycles. The van der Waals surface area contributed by atoms with Crippen LogP contribution in [0.3, 0.4) is 0 Å². The fourth-order valence-corrected chi connectivity index (χ4v) is 0.841. The van der Waals surface area contributed by atoms with Crippen molar-refractivity contribution in [3.8, 4) is 11.5 Å². The van der Waals surface area contributed by atoms with Gasteiger partial charge in [-0.15, -0.1) is 11.5 Å². The molecule has 0 fully saturated rings. The van der Waals surface area contributed by atoms with Crippen LogP contribution in [0.5, 0.6) is 11.5 Å². The molecule has 0 aliphatic carbocycles. The molecule has 2 rings (SSSR count). The van der Waals surface area contributed by atoms with E-state index in [1.807, 2.05) is 12.1 Å². The summed E-state index contributed by atoms with van der Waals surface area (Å²) in [5.74, 6) is 0.144. The van der Waals surface area contributed by atoms with E-state index in [4.69, 9.17) is 0 Å². The Balaban J connectivity index is 0. The Bertz CT molecular complexity index is 316. The van der Waals surface area contributed by atoms with E-state index in [0.29, 0.717) is 0 Å². The van der Waals surface area contributed by atoms with Gasteiger partial charge < -0.3 is 10.2 Å². The van der Waals surface area contributed by atoms with Crippen LogP contribution >= 0.6 is 0 Å². The van der Waals surface area contributed by atoms with E-state index in [9.17, 15) is 10.2 Å². The standard InChI is InChI=1S/2C6H6O.Li.Na/c2*7-6-4-2-1-3-5-6;;/h2*1-5,7H;;/q;;2*+1/p-2. The SMILES string of the molecule is [Li+].[Na+].[O-]c1ccccc1.[O-]c1ccccc1. The third-order valence-electron chi connectivity index (χ3n) is 1.49. The van der Waals surface area contributed by atoms with Gasteiger partial charge in [-0.05, 0) is 0 Å². The Morgan fingerprint density at radius 2 is 0.812 bits per heavy atom. The van der Waals surface area contributed by atoms with Gasteiger partial charge in [0.15, 0.2) is 0 Å². The molecule has 2 nitrogen and oxygen atoms in total. The van der Waals surface area contributed by atoms with Gasteiger partial charge in [-0.25, -0.2) is 0 Å². The van der Waals surface area contributed by atoms with Gasteiger partial charge >= 0.3 is 48.4 Å². The van der Waals surface area contributed by atoms with Crippen LogP contribution in [0.4, 0.5) is 0 Å². The molecule has 0 unspecified atom stereocenters. The van der Waals surface area contributed by atoms with E-state index >= 15 is 0 Å². The minimum atomic E-state index is 0. The van der Waals surface area contributed by atoms with Crippen molar-refractivity contribution in [1.82, 2.24) is 0 Å². The average molecular weight is 216 g/mol. The maximum Gasteiger partial charge on any atom is 1.00 e. The zero-order valence-electron chi connectivity index (χ0n) is 9.59. The fourth-order valence-electron chi connectivity index (χ4n) is 0.841. The second kappa shape index (κ2) is 11.1. The van der Waals surface area contributed by atoms with Gasteiger partial charge in [0, 0.05) is 0 Å². The van der Waals surface area contributed by atoms with E-state index in [-0.39, 0.29) is 59.9 Å². The summed E-state index contributed by atoms with van der Waals surface area (Å²) in [6.07, 6.45) is 0. The first-order chi connectivity index (χ1) is 6.79. The van der Waals surface area contributed by atoms with E-state index < -0.39 is 0 Å². The molecule has 0 saturated heterocycles. The molecule has 0 aromatic heterocycles. The molecule has 2 aromatic rings. The second-order valence-corrected chi connectivity index (χ2v) is 2.63. The molecule has 0 saturated carbocycles. The minimum absolute atomic E-state index is 0. The van der Waals surface area contributed by atoms with Gasteiger partial charge in [-0.1, -0.05) is 60.7 Å². The normalized spacial score (nSPS) is 7.50. The second-order valence-electron chi connectivity index (χ2n) is 2.63.